The second-order valence-electron chi connectivity index (χ2n) is 7.44. The van der Waals surface area contributed by atoms with Gasteiger partial charge < -0.3 is 15.3 Å². The number of aromatic nitrogens is 1. The van der Waals surface area contributed by atoms with Crippen molar-refractivity contribution in [3.63, 3.8) is 0 Å². The lowest BCUT2D eigenvalue weighted by atomic mass is 10.1. The van der Waals surface area contributed by atoms with E-state index in [2.05, 4.69) is 20.2 Å². The summed E-state index contributed by atoms with van der Waals surface area (Å²) in [6.07, 6.45) is 3.56. The van der Waals surface area contributed by atoms with Crippen molar-refractivity contribution in [1.29, 1.82) is 0 Å². The van der Waals surface area contributed by atoms with Crippen molar-refractivity contribution in [3.8, 4) is 5.88 Å². The standard InChI is InChI=1S/C22H18Cl2N4O2S/c23-14-5-4-6-16(18(14)24)26-22-27-21(30)19(31-22)17-13-11-12(28-9-2-1-3-10-28)7-8-15(13)25-20(17)29/h4-8,11,30H,1-3,9-10H2,(H,26,27). The molecule has 0 aliphatic carbocycles. The van der Waals surface area contributed by atoms with E-state index in [4.69, 9.17) is 23.2 Å². The Morgan fingerprint density at radius 1 is 1.10 bits per heavy atom. The average molecular weight is 473 g/mol. The second-order valence-corrected chi connectivity index (χ2v) is 9.22. The lowest BCUT2D eigenvalue weighted by Gasteiger charge is -2.28. The molecule has 0 radical (unpaired) electrons. The molecule has 31 heavy (non-hydrogen) atoms. The van der Waals surface area contributed by atoms with E-state index >= 15 is 0 Å². The highest BCUT2D eigenvalue weighted by molar-refractivity contribution is 7.17. The molecule has 5 rings (SSSR count). The lowest BCUT2D eigenvalue weighted by Crippen LogP contribution is -2.32. The van der Waals surface area contributed by atoms with Crippen LogP contribution in [-0.4, -0.2) is 29.1 Å². The van der Waals surface area contributed by atoms with Gasteiger partial charge >= 0.3 is 0 Å². The van der Waals surface area contributed by atoms with Gasteiger partial charge in [-0.3, -0.25) is 4.79 Å². The molecule has 1 fully saturated rings. The Kier molecular flexibility index (Phi) is 5.33. The molecule has 3 aromatic rings. The van der Waals surface area contributed by atoms with E-state index in [1.165, 1.54) is 17.8 Å². The summed E-state index contributed by atoms with van der Waals surface area (Å²) in [5, 5.41) is 16.1. The molecule has 1 saturated heterocycles. The van der Waals surface area contributed by atoms with Gasteiger partial charge in [-0.2, -0.15) is 4.98 Å². The fourth-order valence-corrected chi connectivity index (χ4v) is 5.18. The number of hydrogen-bond acceptors (Lipinski definition) is 6. The molecule has 1 aromatic heterocycles. The summed E-state index contributed by atoms with van der Waals surface area (Å²) in [6, 6.07) is 11.1. The summed E-state index contributed by atoms with van der Waals surface area (Å²) < 4.78 is 0. The van der Waals surface area contributed by atoms with Crippen LogP contribution in [0.5, 0.6) is 5.88 Å². The monoisotopic (exact) mass is 472 g/mol. The zero-order valence-electron chi connectivity index (χ0n) is 16.4. The van der Waals surface area contributed by atoms with Crippen molar-refractivity contribution >= 4 is 62.5 Å². The summed E-state index contributed by atoms with van der Waals surface area (Å²) >= 11 is 13.5. The molecule has 2 aromatic carbocycles. The minimum Gasteiger partial charge on any atom is -0.492 e. The Morgan fingerprint density at radius 2 is 1.90 bits per heavy atom. The van der Waals surface area contributed by atoms with Crippen LogP contribution >= 0.6 is 34.5 Å². The second kappa shape index (κ2) is 8.15. The summed E-state index contributed by atoms with van der Waals surface area (Å²) in [6.45, 7) is 2.00. The molecule has 6 nitrogen and oxygen atoms in total. The van der Waals surface area contributed by atoms with Crippen molar-refractivity contribution in [2.24, 2.45) is 4.99 Å². The highest BCUT2D eigenvalue weighted by Crippen LogP contribution is 2.38. The maximum Gasteiger partial charge on any atom is 0.279 e. The first-order valence-corrected chi connectivity index (χ1v) is 11.5. The van der Waals surface area contributed by atoms with Gasteiger partial charge in [0.25, 0.3) is 5.91 Å². The Morgan fingerprint density at radius 3 is 2.71 bits per heavy atom. The minimum atomic E-state index is -0.378. The zero-order chi connectivity index (χ0) is 21.5. The molecule has 0 saturated carbocycles. The SMILES string of the molecule is O=C1N=c2ccc(N3CCCCC3)cc2=C1c1sc(Nc2cccc(Cl)c2Cl)nc1O. The highest BCUT2D eigenvalue weighted by atomic mass is 35.5. The number of halogens is 2. The van der Waals surface area contributed by atoms with Gasteiger partial charge in [0.2, 0.25) is 5.88 Å². The summed E-state index contributed by atoms with van der Waals surface area (Å²) in [5.74, 6) is -0.600. The largest absolute Gasteiger partial charge is 0.492 e. The molecule has 3 heterocycles. The molecule has 2 aliphatic heterocycles. The van der Waals surface area contributed by atoms with Crippen LogP contribution in [0.4, 0.5) is 16.5 Å². The summed E-state index contributed by atoms with van der Waals surface area (Å²) in [7, 11) is 0. The molecule has 2 aliphatic rings. The molecule has 158 valence electrons. The third-order valence-electron chi connectivity index (χ3n) is 5.44. The van der Waals surface area contributed by atoms with Gasteiger partial charge in [0, 0.05) is 24.0 Å². The molecule has 0 unspecified atom stereocenters. The molecule has 2 N–H and O–H groups in total. The van der Waals surface area contributed by atoms with Crippen LogP contribution < -0.4 is 20.8 Å². The van der Waals surface area contributed by atoms with Gasteiger partial charge in [0.05, 0.1) is 26.7 Å². The van der Waals surface area contributed by atoms with E-state index in [0.29, 0.717) is 36.7 Å². The lowest BCUT2D eigenvalue weighted by molar-refractivity contribution is -0.112. The first-order chi connectivity index (χ1) is 15.0. The van der Waals surface area contributed by atoms with Crippen LogP contribution in [0.25, 0.3) is 5.57 Å². The van der Waals surface area contributed by atoms with Crippen LogP contribution in [0.15, 0.2) is 41.4 Å². The Bertz CT molecular complexity index is 1320. The molecular weight excluding hydrogens is 455 g/mol. The van der Waals surface area contributed by atoms with Crippen LogP contribution in [0, 0.1) is 0 Å². The van der Waals surface area contributed by atoms with E-state index in [-0.39, 0.29) is 11.8 Å². The van der Waals surface area contributed by atoms with Crippen molar-refractivity contribution < 1.29 is 9.90 Å². The van der Waals surface area contributed by atoms with Crippen molar-refractivity contribution in [2.75, 3.05) is 23.3 Å². The van der Waals surface area contributed by atoms with E-state index in [0.717, 1.165) is 36.8 Å². The number of fused-ring (bicyclic) bond motifs is 1. The third kappa shape index (κ3) is 3.78. The molecule has 0 atom stereocenters. The van der Waals surface area contributed by atoms with Gasteiger partial charge in [-0.1, -0.05) is 40.6 Å². The van der Waals surface area contributed by atoms with E-state index in [1.54, 1.807) is 18.2 Å². The number of hydrogen-bond donors (Lipinski definition) is 2. The number of rotatable bonds is 4. The third-order valence-corrected chi connectivity index (χ3v) is 7.23. The Labute approximate surface area is 192 Å². The Hall–Kier alpha value is -2.61. The molecule has 9 heteroatoms. The van der Waals surface area contributed by atoms with Crippen LogP contribution in [0.1, 0.15) is 24.1 Å². The average Bonchev–Trinajstić information content (AvgIpc) is 3.29. The number of anilines is 3. The highest BCUT2D eigenvalue weighted by Gasteiger charge is 2.26. The fraction of sp³-hybridized carbons (Fsp3) is 0.227. The minimum absolute atomic E-state index is 0.222. The number of benzene rings is 2. The molecular formula is C22H18Cl2N4O2S. The number of aromatic hydroxyl groups is 1. The van der Waals surface area contributed by atoms with Crippen molar-refractivity contribution in [1.82, 2.24) is 4.98 Å². The fourth-order valence-electron chi connectivity index (χ4n) is 3.91. The first-order valence-electron chi connectivity index (χ1n) is 9.95. The van der Waals surface area contributed by atoms with Gasteiger partial charge in [-0.15, -0.1) is 0 Å². The molecule has 0 spiro atoms. The van der Waals surface area contributed by atoms with E-state index in [1.807, 2.05) is 18.2 Å². The topological polar surface area (TPSA) is 77.8 Å². The van der Waals surface area contributed by atoms with E-state index in [9.17, 15) is 9.90 Å². The predicted octanol–water partition coefficient (Wildman–Crippen LogP) is 4.25. The van der Waals surface area contributed by atoms with Gasteiger partial charge in [-0.25, -0.2) is 4.99 Å². The zero-order valence-corrected chi connectivity index (χ0v) is 18.7. The normalized spacial score (nSPS) is 15.7. The van der Waals surface area contributed by atoms with Crippen LogP contribution in [0.2, 0.25) is 10.0 Å². The van der Waals surface area contributed by atoms with Gasteiger partial charge in [0.1, 0.15) is 4.88 Å². The van der Waals surface area contributed by atoms with Crippen LogP contribution in [0.3, 0.4) is 0 Å². The number of piperidine rings is 1. The quantitative estimate of drug-likeness (QED) is 0.593. The maximum atomic E-state index is 12.7. The van der Waals surface area contributed by atoms with Crippen molar-refractivity contribution in [3.05, 3.63) is 61.9 Å². The summed E-state index contributed by atoms with van der Waals surface area (Å²) in [5.41, 5.74) is 2.00. The number of amides is 1. The Balaban J connectivity index is 1.56. The maximum absolute atomic E-state index is 12.7. The summed E-state index contributed by atoms with van der Waals surface area (Å²) in [4.78, 5) is 23.8. The van der Waals surface area contributed by atoms with E-state index < -0.39 is 0 Å². The number of carbonyl (C=O) groups excluding carboxylic acids is 1. The van der Waals surface area contributed by atoms with Gasteiger partial charge in [0.15, 0.2) is 5.13 Å². The number of nitrogens with one attached hydrogen (secondary N) is 1. The predicted molar refractivity (Wildman–Crippen MR) is 124 cm³/mol. The number of thiazole rings is 1. The smallest absolute Gasteiger partial charge is 0.279 e. The number of carbonyl (C=O) groups is 1. The molecule has 0 bridgehead atoms. The number of nitrogens with zero attached hydrogens (tertiary/aromatic N) is 3. The molecule has 1 amide bonds. The van der Waals surface area contributed by atoms with Crippen LogP contribution in [-0.2, 0) is 4.79 Å². The first kappa shape index (κ1) is 20.3. The van der Waals surface area contributed by atoms with Gasteiger partial charge in [-0.05, 0) is 49.6 Å². The van der Waals surface area contributed by atoms with Crippen molar-refractivity contribution in [2.45, 2.75) is 19.3 Å².